The van der Waals surface area contributed by atoms with Crippen molar-refractivity contribution in [3.63, 3.8) is 0 Å². The average molecular weight is 442 g/mol. The fourth-order valence-electron chi connectivity index (χ4n) is 4.92. The van der Waals surface area contributed by atoms with Crippen molar-refractivity contribution in [2.24, 2.45) is 10.9 Å². The van der Waals surface area contributed by atoms with E-state index in [2.05, 4.69) is 36.5 Å². The second-order valence-corrected chi connectivity index (χ2v) is 8.56. The quantitative estimate of drug-likeness (QED) is 0.229. The Morgan fingerprint density at radius 3 is 2.09 bits per heavy atom. The third-order valence-electron chi connectivity index (χ3n) is 6.73. The van der Waals surface area contributed by atoms with Gasteiger partial charge < -0.3 is 21.0 Å². The Bertz CT molecular complexity index is 1260. The zero-order valence-electron chi connectivity index (χ0n) is 18.8. The van der Waals surface area contributed by atoms with Gasteiger partial charge in [-0.3, -0.25) is 4.79 Å². The molecule has 0 saturated heterocycles. The summed E-state index contributed by atoms with van der Waals surface area (Å²) < 4.78 is 6.35. The van der Waals surface area contributed by atoms with E-state index >= 15 is 0 Å². The molecule has 33 heavy (non-hydrogen) atoms. The van der Waals surface area contributed by atoms with Crippen LogP contribution in [0.2, 0.25) is 0 Å². The minimum Gasteiger partial charge on any atom is -0.409 e. The summed E-state index contributed by atoms with van der Waals surface area (Å²) in [7, 11) is 0. The van der Waals surface area contributed by atoms with Crippen molar-refractivity contribution in [2.75, 3.05) is 0 Å². The highest BCUT2D eigenvalue weighted by Crippen LogP contribution is 2.54. The number of amides is 1. The zero-order chi connectivity index (χ0) is 23.1. The largest absolute Gasteiger partial charge is 0.409 e. The van der Waals surface area contributed by atoms with Gasteiger partial charge in [-0.25, -0.2) is 0 Å². The van der Waals surface area contributed by atoms with Gasteiger partial charge in [-0.05, 0) is 63.9 Å². The molecule has 2 aliphatic heterocycles. The molecule has 5 rings (SSSR count). The van der Waals surface area contributed by atoms with E-state index in [9.17, 15) is 4.79 Å². The number of aryl methyl sites for hydroxylation is 2. The lowest BCUT2D eigenvalue weighted by Gasteiger charge is -2.19. The van der Waals surface area contributed by atoms with Crippen LogP contribution in [0.15, 0.2) is 59.8 Å². The van der Waals surface area contributed by atoms with Gasteiger partial charge >= 0.3 is 0 Å². The normalized spacial score (nSPS) is 18.2. The number of nitrogens with two attached hydrogens (primary N) is 1. The summed E-state index contributed by atoms with van der Waals surface area (Å²) in [4.78, 5) is 12.9. The monoisotopic (exact) mass is 441 g/mol. The standard InChI is InChI=1S/C27H27N3O3/c1-3-16-11-22-23(12-17(16)4-2)25-21-13-19(9-10-20(21)24(22)33-25)27(31)29-14-15-5-7-18(8-6-15)26(28)30-32/h5-13,24-25,32H,3-4,14H2,1-2H3,(H2,28,30)(H,29,31)/t24-,25+/m1/s1. The van der Waals surface area contributed by atoms with Gasteiger partial charge in [-0.1, -0.05) is 61.5 Å². The summed E-state index contributed by atoms with van der Waals surface area (Å²) in [6, 6.07) is 17.7. The molecule has 2 atom stereocenters. The molecular formula is C27H27N3O3. The number of amidine groups is 1. The zero-order valence-corrected chi connectivity index (χ0v) is 18.8. The molecule has 2 aliphatic rings. The first-order valence-corrected chi connectivity index (χ1v) is 11.3. The Morgan fingerprint density at radius 2 is 1.48 bits per heavy atom. The van der Waals surface area contributed by atoms with Gasteiger partial charge in [0, 0.05) is 17.7 Å². The van der Waals surface area contributed by atoms with Crippen LogP contribution in [-0.2, 0) is 24.1 Å². The molecule has 6 heteroatoms. The summed E-state index contributed by atoms with van der Waals surface area (Å²) in [5, 5.41) is 14.7. The van der Waals surface area contributed by atoms with Crippen molar-refractivity contribution >= 4 is 11.7 Å². The van der Waals surface area contributed by atoms with E-state index < -0.39 is 0 Å². The predicted octanol–water partition coefficient (Wildman–Crippen LogP) is 4.36. The Balaban J connectivity index is 1.33. The second-order valence-electron chi connectivity index (χ2n) is 8.56. The number of hydrogen-bond acceptors (Lipinski definition) is 4. The first-order valence-electron chi connectivity index (χ1n) is 11.3. The highest BCUT2D eigenvalue weighted by atomic mass is 16.5. The van der Waals surface area contributed by atoms with Gasteiger partial charge in [-0.15, -0.1) is 0 Å². The highest BCUT2D eigenvalue weighted by molar-refractivity contribution is 5.97. The van der Waals surface area contributed by atoms with Crippen LogP contribution in [0.5, 0.6) is 0 Å². The van der Waals surface area contributed by atoms with E-state index in [-0.39, 0.29) is 24.0 Å². The van der Waals surface area contributed by atoms with Crippen LogP contribution in [0.25, 0.3) is 0 Å². The maximum absolute atomic E-state index is 12.9. The van der Waals surface area contributed by atoms with Crippen molar-refractivity contribution in [1.82, 2.24) is 5.32 Å². The van der Waals surface area contributed by atoms with E-state index in [1.54, 1.807) is 12.1 Å². The molecule has 0 spiro atoms. The van der Waals surface area contributed by atoms with Gasteiger partial charge in [0.2, 0.25) is 0 Å². The fourth-order valence-corrected chi connectivity index (χ4v) is 4.92. The number of benzene rings is 3. The molecule has 0 unspecified atom stereocenters. The third-order valence-corrected chi connectivity index (χ3v) is 6.73. The van der Waals surface area contributed by atoms with E-state index in [0.717, 1.165) is 29.5 Å². The molecular weight excluding hydrogens is 414 g/mol. The lowest BCUT2D eigenvalue weighted by molar-refractivity contribution is 0.0857. The average Bonchev–Trinajstić information content (AvgIpc) is 3.42. The summed E-state index contributed by atoms with van der Waals surface area (Å²) >= 11 is 0. The smallest absolute Gasteiger partial charge is 0.251 e. The molecule has 2 heterocycles. The molecule has 2 bridgehead atoms. The van der Waals surface area contributed by atoms with Crippen LogP contribution in [0.1, 0.15) is 80.9 Å². The number of carbonyl (C=O) groups excluding carboxylic acids is 1. The number of carbonyl (C=O) groups is 1. The summed E-state index contributed by atoms with van der Waals surface area (Å²) in [6.07, 6.45) is 1.88. The van der Waals surface area contributed by atoms with Gasteiger partial charge in [0.15, 0.2) is 5.84 Å². The Labute approximate surface area is 193 Å². The number of ether oxygens (including phenoxy) is 1. The molecule has 1 amide bonds. The van der Waals surface area contributed by atoms with Crippen LogP contribution in [0.3, 0.4) is 0 Å². The lowest BCUT2D eigenvalue weighted by atomic mass is 9.82. The minimum atomic E-state index is -0.128. The van der Waals surface area contributed by atoms with Crippen LogP contribution in [0.4, 0.5) is 0 Å². The van der Waals surface area contributed by atoms with Crippen molar-refractivity contribution in [1.29, 1.82) is 0 Å². The molecule has 0 fully saturated rings. The molecule has 6 nitrogen and oxygen atoms in total. The van der Waals surface area contributed by atoms with Gasteiger partial charge in [0.05, 0.1) is 0 Å². The topological polar surface area (TPSA) is 96.9 Å². The molecule has 0 aromatic heterocycles. The number of oxime groups is 1. The van der Waals surface area contributed by atoms with Crippen molar-refractivity contribution in [2.45, 2.75) is 45.4 Å². The number of nitrogens with one attached hydrogen (secondary N) is 1. The third kappa shape index (κ3) is 3.56. The van der Waals surface area contributed by atoms with Gasteiger partial charge in [-0.2, -0.15) is 0 Å². The van der Waals surface area contributed by atoms with Crippen LogP contribution >= 0.6 is 0 Å². The second kappa shape index (κ2) is 8.37. The molecule has 0 saturated carbocycles. The Kier molecular flexibility index (Phi) is 5.38. The lowest BCUT2D eigenvalue weighted by Crippen LogP contribution is -2.23. The van der Waals surface area contributed by atoms with Gasteiger partial charge in [0.1, 0.15) is 12.2 Å². The SMILES string of the molecule is CCc1cc2c(cc1CC)[C@H]1O[C@@H]2c2ccc(C(=O)NCc3ccc(C(N)=NO)cc3)cc21. The summed E-state index contributed by atoms with van der Waals surface area (Å²) in [5.41, 5.74) is 15.3. The van der Waals surface area contributed by atoms with Crippen LogP contribution < -0.4 is 11.1 Å². The summed E-state index contributed by atoms with van der Waals surface area (Å²) in [6.45, 7) is 4.77. The Morgan fingerprint density at radius 1 is 0.909 bits per heavy atom. The van der Waals surface area contributed by atoms with E-state index in [1.807, 2.05) is 30.3 Å². The molecule has 4 N–H and O–H groups in total. The molecule has 0 radical (unpaired) electrons. The maximum Gasteiger partial charge on any atom is 0.251 e. The van der Waals surface area contributed by atoms with Crippen molar-refractivity contribution in [3.8, 4) is 0 Å². The highest BCUT2D eigenvalue weighted by Gasteiger charge is 2.43. The van der Waals surface area contributed by atoms with E-state index in [1.165, 1.54) is 22.3 Å². The molecule has 3 aromatic rings. The number of rotatable bonds is 6. The molecule has 168 valence electrons. The first kappa shape index (κ1) is 21.2. The number of hydrogen-bond donors (Lipinski definition) is 3. The molecule has 3 aromatic carbocycles. The molecule has 0 aliphatic carbocycles. The number of nitrogens with zero attached hydrogens (tertiary/aromatic N) is 1. The van der Waals surface area contributed by atoms with E-state index in [4.69, 9.17) is 15.7 Å². The van der Waals surface area contributed by atoms with E-state index in [0.29, 0.717) is 17.7 Å². The van der Waals surface area contributed by atoms with Crippen molar-refractivity contribution in [3.05, 3.63) is 105 Å². The predicted molar refractivity (Wildman–Crippen MR) is 127 cm³/mol. The first-order chi connectivity index (χ1) is 16.0. The van der Waals surface area contributed by atoms with Crippen molar-refractivity contribution < 1.29 is 14.7 Å². The Hall–Kier alpha value is -3.64. The number of fused-ring (bicyclic) bond motifs is 8. The van der Waals surface area contributed by atoms with Crippen LogP contribution in [-0.4, -0.2) is 17.0 Å². The maximum atomic E-state index is 12.9. The van der Waals surface area contributed by atoms with Gasteiger partial charge in [0.25, 0.3) is 5.91 Å². The van der Waals surface area contributed by atoms with Crippen LogP contribution in [0, 0.1) is 0 Å². The summed E-state index contributed by atoms with van der Waals surface area (Å²) in [5.74, 6) is -0.0734. The minimum absolute atomic E-state index is 0.0401. The fraction of sp³-hybridized carbons (Fsp3) is 0.259.